The van der Waals surface area contributed by atoms with Crippen molar-refractivity contribution in [3.63, 3.8) is 0 Å². The number of fused-ring (bicyclic) bond motifs is 1. The average Bonchev–Trinajstić information content (AvgIpc) is 3.46. The van der Waals surface area contributed by atoms with Gasteiger partial charge in [0.25, 0.3) is 6.01 Å². The Hall–Kier alpha value is -3.17. The largest absolute Gasteiger partial charge is 0.481 e. The number of carbonyl (C=O) groups excluding carboxylic acids is 1. The molecule has 1 aromatic heterocycles. The summed E-state index contributed by atoms with van der Waals surface area (Å²) in [5.41, 5.74) is 2.58. The van der Waals surface area contributed by atoms with Gasteiger partial charge < -0.3 is 24.5 Å². The van der Waals surface area contributed by atoms with E-state index in [1.54, 1.807) is 23.1 Å². The van der Waals surface area contributed by atoms with E-state index in [-0.39, 0.29) is 50.0 Å². The van der Waals surface area contributed by atoms with E-state index < -0.39 is 12.1 Å². The van der Waals surface area contributed by atoms with E-state index in [4.69, 9.17) is 25.9 Å². The number of carbonyl (C=O) groups is 2. The fourth-order valence-electron chi connectivity index (χ4n) is 5.13. The maximum absolute atomic E-state index is 14.3. The molecule has 2 aromatic carbocycles. The minimum Gasteiger partial charge on any atom is -0.481 e. The van der Waals surface area contributed by atoms with Crippen molar-refractivity contribution in [3.05, 3.63) is 53.1 Å². The summed E-state index contributed by atoms with van der Waals surface area (Å²) in [5.74, 6) is -1.25. The van der Waals surface area contributed by atoms with Crippen LogP contribution >= 0.6 is 11.6 Å². The third-order valence-electron chi connectivity index (χ3n) is 7.16. The number of oxazole rings is 1. The topological polar surface area (TPSA) is 105 Å². The third kappa shape index (κ3) is 6.05. The molecule has 1 aliphatic heterocycles. The molecule has 1 aliphatic carbocycles. The monoisotopic (exact) mass is 529 g/mol. The summed E-state index contributed by atoms with van der Waals surface area (Å²) in [6.45, 7) is 0.307. The van der Waals surface area contributed by atoms with E-state index in [0.29, 0.717) is 53.5 Å². The standard InChI is InChI=1S/C27H29ClFN3O5/c28-21-3-1-2-4-22(21)30-27-31-23-10-5-16(11-24(23)37-27)12-25(33)32-14-18(29)13-19(32)15-36-20-8-6-17(7-9-20)26(34)35/h1-5,10-11,17-20H,6-9,12-15H2,(H,30,31)(H,34,35)/t17?,18-,19?,20?/m0/s1. The summed E-state index contributed by atoms with van der Waals surface area (Å²) < 4.78 is 26.1. The summed E-state index contributed by atoms with van der Waals surface area (Å²) in [4.78, 5) is 30.3. The maximum atomic E-state index is 14.3. The lowest BCUT2D eigenvalue weighted by atomic mass is 9.87. The Morgan fingerprint density at radius 3 is 2.73 bits per heavy atom. The normalized spacial score (nSPS) is 23.9. The SMILES string of the molecule is O=C(O)C1CCC(OCC2C[C@H](F)CN2C(=O)Cc2ccc3nc(Nc4ccccc4Cl)oc3c2)CC1. The Morgan fingerprint density at radius 1 is 1.19 bits per heavy atom. The van der Waals surface area contributed by atoms with Crippen LogP contribution in [0, 0.1) is 5.92 Å². The Balaban J connectivity index is 1.19. The maximum Gasteiger partial charge on any atom is 0.306 e. The summed E-state index contributed by atoms with van der Waals surface area (Å²) in [6.07, 6.45) is 1.72. The van der Waals surface area contributed by atoms with E-state index in [9.17, 15) is 14.0 Å². The van der Waals surface area contributed by atoms with Crippen LogP contribution in [0.3, 0.4) is 0 Å². The van der Waals surface area contributed by atoms with Gasteiger partial charge in [-0.15, -0.1) is 0 Å². The molecule has 1 unspecified atom stereocenters. The highest BCUT2D eigenvalue weighted by Gasteiger charge is 2.36. The lowest BCUT2D eigenvalue weighted by Gasteiger charge is -2.29. The highest BCUT2D eigenvalue weighted by Crippen LogP contribution is 2.30. The van der Waals surface area contributed by atoms with Crippen LogP contribution in [0.4, 0.5) is 16.1 Å². The number of halogens is 2. The molecule has 2 aliphatic rings. The third-order valence-corrected chi connectivity index (χ3v) is 7.48. The molecule has 37 heavy (non-hydrogen) atoms. The van der Waals surface area contributed by atoms with Crippen molar-refractivity contribution in [2.45, 2.75) is 56.8 Å². The number of likely N-dealkylation sites (tertiary alicyclic amines) is 1. The zero-order valence-corrected chi connectivity index (χ0v) is 21.0. The molecule has 2 atom stereocenters. The number of anilines is 2. The number of hydrogen-bond acceptors (Lipinski definition) is 6. The van der Waals surface area contributed by atoms with Crippen molar-refractivity contribution < 1.29 is 28.2 Å². The first kappa shape index (κ1) is 25.5. The number of alkyl halides is 1. The number of rotatable bonds is 8. The number of aromatic nitrogens is 1. The van der Waals surface area contributed by atoms with Gasteiger partial charge in [-0.05, 0) is 55.5 Å². The van der Waals surface area contributed by atoms with Gasteiger partial charge in [0.05, 0.1) is 48.3 Å². The molecule has 2 N–H and O–H groups in total. The molecule has 0 bridgehead atoms. The zero-order valence-electron chi connectivity index (χ0n) is 20.2. The number of benzene rings is 2. The second-order valence-electron chi connectivity index (χ2n) is 9.78. The Bertz CT molecular complexity index is 1280. The number of carboxylic acid groups (broad SMARTS) is 1. The van der Waals surface area contributed by atoms with Crippen molar-refractivity contribution in [1.82, 2.24) is 9.88 Å². The summed E-state index contributed by atoms with van der Waals surface area (Å²) in [7, 11) is 0. The molecule has 1 amide bonds. The number of hydrogen-bond donors (Lipinski definition) is 2. The first-order valence-corrected chi connectivity index (χ1v) is 12.9. The summed E-state index contributed by atoms with van der Waals surface area (Å²) in [5, 5.41) is 12.8. The van der Waals surface area contributed by atoms with Crippen LogP contribution in [0.15, 0.2) is 46.9 Å². The van der Waals surface area contributed by atoms with E-state index in [2.05, 4.69) is 10.3 Å². The molecule has 5 rings (SSSR count). The molecule has 1 saturated carbocycles. The predicted octanol–water partition coefficient (Wildman–Crippen LogP) is 5.37. The van der Waals surface area contributed by atoms with Crippen LogP contribution in [0.2, 0.25) is 5.02 Å². The molecule has 2 heterocycles. The van der Waals surface area contributed by atoms with Gasteiger partial charge >= 0.3 is 5.97 Å². The van der Waals surface area contributed by atoms with Crippen molar-refractivity contribution >= 4 is 46.3 Å². The number of nitrogens with one attached hydrogen (secondary N) is 1. The lowest BCUT2D eigenvalue weighted by Crippen LogP contribution is -2.40. The van der Waals surface area contributed by atoms with Crippen molar-refractivity contribution in [1.29, 1.82) is 0 Å². The molecule has 8 nitrogen and oxygen atoms in total. The minimum absolute atomic E-state index is 0.0476. The first-order chi connectivity index (χ1) is 17.9. The van der Waals surface area contributed by atoms with Gasteiger partial charge in [-0.1, -0.05) is 29.8 Å². The second-order valence-corrected chi connectivity index (χ2v) is 10.2. The summed E-state index contributed by atoms with van der Waals surface area (Å²) in [6, 6.07) is 12.6. The van der Waals surface area contributed by atoms with E-state index >= 15 is 0 Å². The molecule has 10 heteroatoms. The Kier molecular flexibility index (Phi) is 7.62. The Labute approximate surface area is 218 Å². The zero-order chi connectivity index (χ0) is 25.9. The number of ether oxygens (including phenoxy) is 1. The highest BCUT2D eigenvalue weighted by molar-refractivity contribution is 6.33. The number of nitrogens with zero attached hydrogens (tertiary/aromatic N) is 2. The van der Waals surface area contributed by atoms with Gasteiger partial charge in [-0.25, -0.2) is 4.39 Å². The van der Waals surface area contributed by atoms with Crippen LogP contribution in [0.1, 0.15) is 37.7 Å². The number of amides is 1. The second kappa shape index (κ2) is 11.1. The van der Waals surface area contributed by atoms with Crippen LogP contribution in [0.5, 0.6) is 0 Å². The average molecular weight is 530 g/mol. The molecule has 0 spiro atoms. The van der Waals surface area contributed by atoms with Gasteiger partial charge in [-0.3, -0.25) is 9.59 Å². The van der Waals surface area contributed by atoms with E-state index in [1.807, 2.05) is 24.3 Å². The quantitative estimate of drug-likeness (QED) is 0.404. The first-order valence-electron chi connectivity index (χ1n) is 12.5. The molecular weight excluding hydrogens is 501 g/mol. The van der Waals surface area contributed by atoms with Gasteiger partial charge in [0.2, 0.25) is 5.91 Å². The van der Waals surface area contributed by atoms with Crippen LogP contribution in [-0.2, 0) is 20.7 Å². The lowest BCUT2D eigenvalue weighted by molar-refractivity contribution is -0.144. The predicted molar refractivity (Wildman–Crippen MR) is 137 cm³/mol. The van der Waals surface area contributed by atoms with Crippen molar-refractivity contribution in [2.75, 3.05) is 18.5 Å². The van der Waals surface area contributed by atoms with Gasteiger partial charge in [0.15, 0.2) is 5.58 Å². The Morgan fingerprint density at radius 2 is 1.97 bits per heavy atom. The molecule has 2 fully saturated rings. The number of aliphatic carboxylic acids is 1. The van der Waals surface area contributed by atoms with Gasteiger partial charge in [-0.2, -0.15) is 4.98 Å². The van der Waals surface area contributed by atoms with Crippen LogP contribution in [0.25, 0.3) is 11.1 Å². The highest BCUT2D eigenvalue weighted by atomic mass is 35.5. The molecular formula is C27H29ClFN3O5. The van der Waals surface area contributed by atoms with Gasteiger partial charge in [0, 0.05) is 6.42 Å². The molecule has 1 saturated heterocycles. The van der Waals surface area contributed by atoms with Crippen LogP contribution < -0.4 is 5.32 Å². The molecule has 3 aromatic rings. The molecule has 196 valence electrons. The summed E-state index contributed by atoms with van der Waals surface area (Å²) >= 11 is 6.19. The van der Waals surface area contributed by atoms with Gasteiger partial charge in [0.1, 0.15) is 11.7 Å². The van der Waals surface area contributed by atoms with Crippen molar-refractivity contribution in [3.8, 4) is 0 Å². The van der Waals surface area contributed by atoms with Crippen molar-refractivity contribution in [2.24, 2.45) is 5.92 Å². The van der Waals surface area contributed by atoms with Crippen LogP contribution in [-0.4, -0.2) is 58.3 Å². The van der Waals surface area contributed by atoms with E-state index in [1.165, 1.54) is 0 Å². The smallest absolute Gasteiger partial charge is 0.306 e. The number of para-hydroxylation sites is 1. The van der Waals surface area contributed by atoms with E-state index in [0.717, 1.165) is 5.56 Å². The number of carboxylic acids is 1. The fourth-order valence-corrected chi connectivity index (χ4v) is 5.32. The minimum atomic E-state index is -1.09. The fraction of sp³-hybridized carbons (Fsp3) is 0.444. The molecule has 0 radical (unpaired) electrons.